The number of nitrogens with zero attached hydrogens (tertiary/aromatic N) is 1. The van der Waals surface area contributed by atoms with Crippen LogP contribution >= 0.6 is 0 Å². The summed E-state index contributed by atoms with van der Waals surface area (Å²) in [7, 11) is 0. The van der Waals surface area contributed by atoms with Crippen molar-refractivity contribution in [2.24, 2.45) is 0 Å². The van der Waals surface area contributed by atoms with Gasteiger partial charge in [-0.3, -0.25) is 0 Å². The van der Waals surface area contributed by atoms with Crippen molar-refractivity contribution < 1.29 is 4.74 Å². The Labute approximate surface area is 115 Å². The average Bonchev–Trinajstić information content (AvgIpc) is 2.78. The number of benzene rings is 1. The molecule has 0 saturated carbocycles. The number of ether oxygens (including phenoxy) is 1. The first-order valence-corrected chi connectivity index (χ1v) is 7.50. The summed E-state index contributed by atoms with van der Waals surface area (Å²) in [5, 5.41) is 3.45. The molecule has 2 fully saturated rings. The number of rotatable bonds is 4. The van der Waals surface area contributed by atoms with Gasteiger partial charge in [0.2, 0.25) is 0 Å². The molecule has 0 spiro atoms. The summed E-state index contributed by atoms with van der Waals surface area (Å²) in [6.07, 6.45) is 3.38. The third-order valence-corrected chi connectivity index (χ3v) is 4.31. The van der Waals surface area contributed by atoms with E-state index in [2.05, 4.69) is 48.3 Å². The Hall–Kier alpha value is -1.06. The second-order valence-corrected chi connectivity index (χ2v) is 5.73. The van der Waals surface area contributed by atoms with Crippen molar-refractivity contribution in [3.63, 3.8) is 0 Å². The summed E-state index contributed by atoms with van der Waals surface area (Å²) in [6, 6.07) is 9.45. The quantitative estimate of drug-likeness (QED) is 0.901. The van der Waals surface area contributed by atoms with Gasteiger partial charge >= 0.3 is 0 Å². The Morgan fingerprint density at radius 3 is 2.42 bits per heavy atom. The van der Waals surface area contributed by atoms with E-state index in [0.29, 0.717) is 18.2 Å². The minimum Gasteiger partial charge on any atom is -0.371 e. The summed E-state index contributed by atoms with van der Waals surface area (Å²) in [5.41, 5.74) is 2.70. The van der Waals surface area contributed by atoms with E-state index in [1.54, 1.807) is 0 Å². The van der Waals surface area contributed by atoms with E-state index >= 15 is 0 Å². The fraction of sp³-hybridized carbons (Fsp3) is 0.625. The van der Waals surface area contributed by atoms with Crippen LogP contribution in [0.2, 0.25) is 0 Å². The molecule has 2 saturated heterocycles. The molecule has 2 aliphatic heterocycles. The Balaban J connectivity index is 1.68. The molecule has 0 aromatic heterocycles. The highest BCUT2D eigenvalue weighted by molar-refractivity contribution is 5.49. The van der Waals surface area contributed by atoms with Crippen LogP contribution in [0, 0.1) is 0 Å². The van der Waals surface area contributed by atoms with Crippen LogP contribution in [0.5, 0.6) is 0 Å². The third kappa shape index (κ3) is 2.77. The van der Waals surface area contributed by atoms with Gasteiger partial charge < -0.3 is 15.0 Å². The van der Waals surface area contributed by atoms with Crippen molar-refractivity contribution in [3.05, 3.63) is 29.8 Å². The Bertz CT molecular complexity index is 405. The molecule has 3 heteroatoms. The molecule has 3 rings (SSSR count). The molecule has 0 aliphatic carbocycles. The normalized spacial score (nSPS) is 27.6. The number of morpholine rings is 1. The van der Waals surface area contributed by atoms with E-state index in [4.69, 9.17) is 4.74 Å². The zero-order chi connectivity index (χ0) is 13.2. The van der Waals surface area contributed by atoms with Crippen LogP contribution in [0.3, 0.4) is 0 Å². The smallest absolute Gasteiger partial charge is 0.0755 e. The van der Waals surface area contributed by atoms with E-state index in [1.807, 2.05) is 0 Å². The maximum absolute atomic E-state index is 5.89. The van der Waals surface area contributed by atoms with Crippen molar-refractivity contribution >= 4 is 5.69 Å². The molecule has 3 unspecified atom stereocenters. The fourth-order valence-corrected chi connectivity index (χ4v) is 3.22. The largest absolute Gasteiger partial charge is 0.371 e. The monoisotopic (exact) mass is 260 g/mol. The van der Waals surface area contributed by atoms with E-state index < -0.39 is 0 Å². The lowest BCUT2D eigenvalue weighted by molar-refractivity contribution is 0.0305. The maximum Gasteiger partial charge on any atom is 0.0755 e. The van der Waals surface area contributed by atoms with Crippen molar-refractivity contribution in [3.8, 4) is 0 Å². The number of fused-ring (bicyclic) bond motifs is 2. The van der Waals surface area contributed by atoms with Gasteiger partial charge in [0.25, 0.3) is 0 Å². The molecule has 2 aliphatic rings. The fourth-order valence-electron chi connectivity index (χ4n) is 3.22. The van der Waals surface area contributed by atoms with Gasteiger partial charge in [0.05, 0.1) is 12.2 Å². The summed E-state index contributed by atoms with van der Waals surface area (Å²) >= 11 is 0. The Morgan fingerprint density at radius 2 is 1.84 bits per heavy atom. The minimum absolute atomic E-state index is 0.430. The second kappa shape index (κ2) is 5.51. The van der Waals surface area contributed by atoms with Gasteiger partial charge in [-0.05, 0) is 44.0 Å². The molecule has 1 N–H and O–H groups in total. The highest BCUT2D eigenvalue weighted by atomic mass is 16.5. The SMILES string of the molecule is CCNC(C)c1ccc(N2CC3CCC(C2)O3)cc1. The van der Waals surface area contributed by atoms with E-state index in [-0.39, 0.29) is 0 Å². The molecular weight excluding hydrogens is 236 g/mol. The molecule has 0 radical (unpaired) electrons. The molecule has 3 atom stereocenters. The van der Waals surface area contributed by atoms with Crippen molar-refractivity contribution in [2.75, 3.05) is 24.5 Å². The number of anilines is 1. The first kappa shape index (κ1) is 12.9. The summed E-state index contributed by atoms with van der Waals surface area (Å²) in [6.45, 7) is 7.48. The van der Waals surface area contributed by atoms with Gasteiger partial charge in [0.15, 0.2) is 0 Å². The topological polar surface area (TPSA) is 24.5 Å². The van der Waals surface area contributed by atoms with E-state index in [0.717, 1.165) is 19.6 Å². The van der Waals surface area contributed by atoms with Gasteiger partial charge in [-0.15, -0.1) is 0 Å². The van der Waals surface area contributed by atoms with Crippen LogP contribution in [0.1, 0.15) is 38.3 Å². The van der Waals surface area contributed by atoms with Crippen LogP contribution in [-0.2, 0) is 4.74 Å². The highest BCUT2D eigenvalue weighted by Crippen LogP contribution is 2.30. The molecule has 104 valence electrons. The molecule has 3 nitrogen and oxygen atoms in total. The van der Waals surface area contributed by atoms with Gasteiger partial charge in [0.1, 0.15) is 0 Å². The first-order valence-electron chi connectivity index (χ1n) is 7.50. The lowest BCUT2D eigenvalue weighted by atomic mass is 10.1. The van der Waals surface area contributed by atoms with E-state index in [9.17, 15) is 0 Å². The van der Waals surface area contributed by atoms with E-state index in [1.165, 1.54) is 24.1 Å². The van der Waals surface area contributed by atoms with Crippen LogP contribution < -0.4 is 10.2 Å². The molecule has 2 heterocycles. The zero-order valence-electron chi connectivity index (χ0n) is 11.9. The summed E-state index contributed by atoms with van der Waals surface area (Å²) in [5.74, 6) is 0. The standard InChI is InChI=1S/C16H24N2O/c1-3-17-12(2)13-4-6-14(7-5-13)18-10-15-8-9-16(11-18)19-15/h4-7,12,15-17H,3,8-11H2,1-2H3. The van der Waals surface area contributed by atoms with Gasteiger partial charge in [-0.25, -0.2) is 0 Å². The molecule has 0 amide bonds. The lowest BCUT2D eigenvalue weighted by Gasteiger charge is -2.34. The van der Waals surface area contributed by atoms with Crippen LogP contribution in [0.15, 0.2) is 24.3 Å². The second-order valence-electron chi connectivity index (χ2n) is 5.73. The zero-order valence-corrected chi connectivity index (χ0v) is 11.9. The predicted molar refractivity (Wildman–Crippen MR) is 78.6 cm³/mol. The predicted octanol–water partition coefficient (Wildman–Crippen LogP) is 2.72. The van der Waals surface area contributed by atoms with Gasteiger partial charge in [-0.2, -0.15) is 0 Å². The van der Waals surface area contributed by atoms with Crippen molar-refractivity contribution in [1.82, 2.24) is 5.32 Å². The summed E-state index contributed by atoms with van der Waals surface area (Å²) < 4.78 is 5.89. The Kier molecular flexibility index (Phi) is 3.76. The van der Waals surface area contributed by atoms with Crippen molar-refractivity contribution in [1.29, 1.82) is 0 Å². The minimum atomic E-state index is 0.430. The van der Waals surface area contributed by atoms with Crippen LogP contribution in [0.25, 0.3) is 0 Å². The van der Waals surface area contributed by atoms with Crippen LogP contribution in [0.4, 0.5) is 5.69 Å². The lowest BCUT2D eigenvalue weighted by Crippen LogP contribution is -2.42. The average molecular weight is 260 g/mol. The van der Waals surface area contributed by atoms with Crippen molar-refractivity contribution in [2.45, 2.75) is 44.9 Å². The first-order chi connectivity index (χ1) is 9.26. The summed E-state index contributed by atoms with van der Waals surface area (Å²) in [4.78, 5) is 2.48. The number of nitrogens with one attached hydrogen (secondary N) is 1. The molecule has 19 heavy (non-hydrogen) atoms. The third-order valence-electron chi connectivity index (χ3n) is 4.31. The van der Waals surface area contributed by atoms with Gasteiger partial charge in [-0.1, -0.05) is 19.1 Å². The Morgan fingerprint density at radius 1 is 1.21 bits per heavy atom. The molecular formula is C16H24N2O. The molecule has 1 aromatic carbocycles. The molecule has 2 bridgehead atoms. The van der Waals surface area contributed by atoms with Crippen LogP contribution in [-0.4, -0.2) is 31.8 Å². The number of hydrogen-bond acceptors (Lipinski definition) is 3. The number of hydrogen-bond donors (Lipinski definition) is 1. The van der Waals surface area contributed by atoms with Gasteiger partial charge in [0, 0.05) is 24.8 Å². The highest BCUT2D eigenvalue weighted by Gasteiger charge is 2.33. The maximum atomic E-state index is 5.89. The molecule has 1 aromatic rings.